The Morgan fingerprint density at radius 2 is 1.77 bits per heavy atom. The van der Waals surface area contributed by atoms with Crippen molar-refractivity contribution in [2.75, 3.05) is 19.8 Å². The number of esters is 1. The van der Waals surface area contributed by atoms with Gasteiger partial charge in [-0.15, -0.1) is 0 Å². The van der Waals surface area contributed by atoms with Gasteiger partial charge >= 0.3 is 18.0 Å². The van der Waals surface area contributed by atoms with E-state index in [1.165, 1.54) is 13.8 Å². The van der Waals surface area contributed by atoms with Crippen LogP contribution in [0.4, 0.5) is 4.79 Å². The number of carboxylic acid groups (broad SMARTS) is 1. The molecule has 30 heavy (non-hydrogen) atoms. The maximum Gasteiger partial charge on any atom is 0.410 e. The van der Waals surface area contributed by atoms with Gasteiger partial charge in [-0.05, 0) is 25.2 Å². The van der Waals surface area contributed by atoms with Crippen LogP contribution in [-0.2, 0) is 28.6 Å². The number of alkyl carbamates (subject to hydrolysis) is 1. The van der Waals surface area contributed by atoms with Crippen LogP contribution in [0.15, 0.2) is 0 Å². The molecule has 0 aliphatic heterocycles. The summed E-state index contributed by atoms with van der Waals surface area (Å²) in [7, 11) is 0. The highest BCUT2D eigenvalue weighted by atomic mass is 17.1. The zero-order valence-corrected chi connectivity index (χ0v) is 17.4. The van der Waals surface area contributed by atoms with Gasteiger partial charge in [0, 0.05) is 13.5 Å². The van der Waals surface area contributed by atoms with E-state index in [4.69, 9.17) is 29.7 Å². The van der Waals surface area contributed by atoms with Gasteiger partial charge in [-0.1, -0.05) is 19.3 Å². The molecule has 174 valence electrons. The minimum atomic E-state index is -1.13. The van der Waals surface area contributed by atoms with Crippen LogP contribution in [0.5, 0.6) is 0 Å². The first-order valence-corrected chi connectivity index (χ1v) is 9.90. The molecule has 1 fully saturated rings. The lowest BCUT2D eigenvalue weighted by atomic mass is 9.72. The average Bonchev–Trinajstić information content (AvgIpc) is 2.63. The molecule has 0 spiro atoms. The molecule has 1 amide bonds. The van der Waals surface area contributed by atoms with E-state index in [0.29, 0.717) is 0 Å². The van der Waals surface area contributed by atoms with Crippen molar-refractivity contribution in [1.82, 2.24) is 10.7 Å². The fourth-order valence-corrected chi connectivity index (χ4v) is 3.35. The molecule has 0 aromatic heterocycles. The van der Waals surface area contributed by atoms with Crippen LogP contribution >= 0.6 is 0 Å². The third-order valence-corrected chi connectivity index (χ3v) is 4.70. The second kappa shape index (κ2) is 13.3. The molecule has 0 radical (unpaired) electrons. The van der Waals surface area contributed by atoms with Gasteiger partial charge in [0.15, 0.2) is 0 Å². The van der Waals surface area contributed by atoms with E-state index >= 15 is 0 Å². The number of ether oxygens (including phenoxy) is 3. The molecule has 1 rings (SSSR count). The summed E-state index contributed by atoms with van der Waals surface area (Å²) in [6.07, 6.45) is 1.66. The molecule has 0 aromatic rings. The first-order chi connectivity index (χ1) is 14.1. The number of carbonyl (C=O) groups excluding carboxylic acids is 2. The highest BCUT2D eigenvalue weighted by molar-refractivity contribution is 5.71. The van der Waals surface area contributed by atoms with Crippen molar-refractivity contribution in [2.24, 2.45) is 5.41 Å². The molecular weight excluding hydrogens is 404 g/mol. The van der Waals surface area contributed by atoms with Gasteiger partial charge in [-0.3, -0.25) is 20.0 Å². The lowest BCUT2D eigenvalue weighted by molar-refractivity contribution is -0.504. The average molecular weight is 436 g/mol. The minimum absolute atomic E-state index is 0.0000151. The van der Waals surface area contributed by atoms with Crippen molar-refractivity contribution in [3.8, 4) is 0 Å². The second-order valence-electron chi connectivity index (χ2n) is 7.44. The Balaban J connectivity index is 2.26. The van der Waals surface area contributed by atoms with Crippen LogP contribution in [0.2, 0.25) is 0 Å². The Labute approximate surface area is 174 Å². The molecule has 1 aliphatic rings. The predicted octanol–water partition coefficient (Wildman–Crippen LogP) is 1.83. The molecule has 1 aliphatic carbocycles. The Bertz CT molecular complexity index is 551. The molecule has 12 nitrogen and oxygen atoms in total. The third-order valence-electron chi connectivity index (χ3n) is 4.70. The van der Waals surface area contributed by atoms with Gasteiger partial charge in [0.1, 0.15) is 6.10 Å². The topological polar surface area (TPSA) is 164 Å². The number of amides is 1. The Kier molecular flexibility index (Phi) is 11.6. The SMILES string of the molecule is CC(OC(=O)CCOC[C@H](C)ON(O)O)OC(=O)NCC1(CC(=O)O)CCCCC1. The number of rotatable bonds is 13. The largest absolute Gasteiger partial charge is 0.481 e. The molecule has 0 bridgehead atoms. The number of hydrogen-bond acceptors (Lipinski definition) is 10. The maximum absolute atomic E-state index is 12.0. The fourth-order valence-electron chi connectivity index (χ4n) is 3.35. The summed E-state index contributed by atoms with van der Waals surface area (Å²) in [6.45, 7) is 3.11. The van der Waals surface area contributed by atoms with Crippen molar-refractivity contribution in [2.45, 2.75) is 71.2 Å². The summed E-state index contributed by atoms with van der Waals surface area (Å²) < 4.78 is 15.1. The third kappa shape index (κ3) is 11.3. The Morgan fingerprint density at radius 3 is 2.37 bits per heavy atom. The number of nitrogens with one attached hydrogen (secondary N) is 1. The normalized spacial score (nSPS) is 17.8. The van der Waals surface area contributed by atoms with Gasteiger partial charge in [0.25, 0.3) is 0 Å². The molecule has 0 aromatic carbocycles. The molecule has 4 N–H and O–H groups in total. The lowest BCUT2D eigenvalue weighted by Gasteiger charge is -2.36. The lowest BCUT2D eigenvalue weighted by Crippen LogP contribution is -2.41. The zero-order valence-electron chi connectivity index (χ0n) is 17.4. The standard InChI is InChI=1S/C18H32N2O10/c1-13(30-20(25)26)11-27-9-6-16(23)28-14(2)29-17(24)19-12-18(10-15(21)22)7-4-3-5-8-18/h13-14,25-26H,3-12H2,1-2H3,(H,19,24)(H,21,22)/t13-,14?/m0/s1. The molecule has 0 heterocycles. The van der Waals surface area contributed by atoms with Crippen molar-refractivity contribution < 1.29 is 49.0 Å². The highest BCUT2D eigenvalue weighted by Crippen LogP contribution is 2.38. The molecule has 2 atom stereocenters. The van der Waals surface area contributed by atoms with Crippen LogP contribution < -0.4 is 5.32 Å². The molecular formula is C18H32N2O10. The smallest absolute Gasteiger partial charge is 0.410 e. The molecule has 1 unspecified atom stereocenters. The summed E-state index contributed by atoms with van der Waals surface area (Å²) in [6, 6.07) is 0. The summed E-state index contributed by atoms with van der Waals surface area (Å²) in [4.78, 5) is 39.3. The van der Waals surface area contributed by atoms with Crippen LogP contribution in [0.25, 0.3) is 0 Å². The number of hydrogen-bond donors (Lipinski definition) is 4. The molecule has 0 saturated heterocycles. The van der Waals surface area contributed by atoms with E-state index in [-0.39, 0.29) is 32.6 Å². The van der Waals surface area contributed by atoms with Crippen molar-refractivity contribution in [1.29, 1.82) is 0 Å². The maximum atomic E-state index is 12.0. The van der Waals surface area contributed by atoms with E-state index in [0.717, 1.165) is 32.1 Å². The van der Waals surface area contributed by atoms with Crippen molar-refractivity contribution in [3.05, 3.63) is 0 Å². The first kappa shape index (κ1) is 26.0. The number of carbonyl (C=O) groups is 3. The van der Waals surface area contributed by atoms with Crippen LogP contribution in [-0.4, -0.2) is 71.1 Å². The van der Waals surface area contributed by atoms with Crippen LogP contribution in [0.1, 0.15) is 58.8 Å². The van der Waals surface area contributed by atoms with Gasteiger partial charge in [-0.25, -0.2) is 9.63 Å². The van der Waals surface area contributed by atoms with E-state index in [1.54, 1.807) is 0 Å². The monoisotopic (exact) mass is 436 g/mol. The Hall–Kier alpha value is -1.99. The summed E-state index contributed by atoms with van der Waals surface area (Å²) in [5.74, 6) is -1.55. The van der Waals surface area contributed by atoms with Gasteiger partial charge in [-0.2, -0.15) is 0 Å². The van der Waals surface area contributed by atoms with Crippen molar-refractivity contribution >= 4 is 18.0 Å². The summed E-state index contributed by atoms with van der Waals surface area (Å²) >= 11 is 0. The fraction of sp³-hybridized carbons (Fsp3) is 0.833. The van der Waals surface area contributed by atoms with Gasteiger partial charge in [0.05, 0.1) is 31.4 Å². The molecule has 12 heteroatoms. The minimum Gasteiger partial charge on any atom is -0.481 e. The first-order valence-electron chi connectivity index (χ1n) is 9.90. The van der Waals surface area contributed by atoms with Gasteiger partial charge < -0.3 is 24.6 Å². The summed E-state index contributed by atoms with van der Waals surface area (Å²) in [5, 5.41) is 28.2. The van der Waals surface area contributed by atoms with Gasteiger partial charge in [0.2, 0.25) is 6.29 Å². The van der Waals surface area contributed by atoms with E-state index in [9.17, 15) is 14.4 Å². The van der Waals surface area contributed by atoms with Crippen LogP contribution in [0, 0.1) is 5.41 Å². The van der Waals surface area contributed by atoms with Crippen molar-refractivity contribution in [3.63, 3.8) is 0 Å². The Morgan fingerprint density at radius 1 is 1.10 bits per heavy atom. The quantitative estimate of drug-likeness (QED) is 0.144. The second-order valence-corrected chi connectivity index (χ2v) is 7.44. The van der Waals surface area contributed by atoms with Crippen LogP contribution in [0.3, 0.4) is 0 Å². The van der Waals surface area contributed by atoms with E-state index < -0.39 is 41.2 Å². The zero-order chi connectivity index (χ0) is 22.6. The highest BCUT2D eigenvalue weighted by Gasteiger charge is 2.35. The number of nitrogens with zero attached hydrogens (tertiary/aromatic N) is 1. The van der Waals surface area contributed by atoms with E-state index in [2.05, 4.69) is 10.2 Å². The predicted molar refractivity (Wildman–Crippen MR) is 99.2 cm³/mol. The number of carboxylic acids is 1. The summed E-state index contributed by atoms with van der Waals surface area (Å²) in [5.41, 5.74) is -0.482. The van der Waals surface area contributed by atoms with E-state index in [1.807, 2.05) is 0 Å². The number of aliphatic carboxylic acids is 1. The molecule has 1 saturated carbocycles.